The van der Waals surface area contributed by atoms with Crippen LogP contribution in [-0.2, 0) is 4.74 Å². The van der Waals surface area contributed by atoms with Crippen molar-refractivity contribution in [2.45, 2.75) is 54.4 Å². The van der Waals surface area contributed by atoms with E-state index in [1.807, 2.05) is 41.5 Å². The Balaban J connectivity index is 0.00000138. The summed E-state index contributed by atoms with van der Waals surface area (Å²) in [6, 6.07) is 9.67. The molecule has 1 aliphatic rings. The van der Waals surface area contributed by atoms with Crippen molar-refractivity contribution < 1.29 is 9.13 Å². The largest absolute Gasteiger partial charge is 0.398 e. The highest BCUT2D eigenvalue weighted by Crippen LogP contribution is 2.26. The molecule has 5 heteroatoms. The van der Waals surface area contributed by atoms with Gasteiger partial charge in [-0.25, -0.2) is 4.39 Å². The normalized spacial score (nSPS) is 12.2. The number of hydrogen-bond donors (Lipinski definition) is 3. The Kier molecular flexibility index (Phi) is 15.4. The van der Waals surface area contributed by atoms with Crippen LogP contribution in [0.3, 0.4) is 0 Å². The zero-order valence-electron chi connectivity index (χ0n) is 19.8. The Labute approximate surface area is 187 Å². The van der Waals surface area contributed by atoms with Gasteiger partial charge >= 0.3 is 0 Å². The maximum atomic E-state index is 13.1. The molecular formula is C26H38FN3O. The van der Waals surface area contributed by atoms with Crippen LogP contribution in [0.1, 0.15) is 65.5 Å². The van der Waals surface area contributed by atoms with Crippen LogP contribution in [0.2, 0.25) is 0 Å². The zero-order valence-corrected chi connectivity index (χ0v) is 19.8. The zero-order chi connectivity index (χ0) is 23.6. The molecule has 0 bridgehead atoms. The third-order valence-corrected chi connectivity index (χ3v) is 4.13. The number of nitrogen functional groups attached to an aromatic ring is 1. The van der Waals surface area contributed by atoms with Crippen LogP contribution in [0.25, 0.3) is 0 Å². The maximum Gasteiger partial charge on any atom is 0.123 e. The third-order valence-electron chi connectivity index (χ3n) is 4.13. The topological polar surface area (TPSA) is 71.1 Å². The molecule has 4 nitrogen and oxygen atoms in total. The average Bonchev–Trinajstić information content (AvgIpc) is 2.85. The van der Waals surface area contributed by atoms with Crippen LogP contribution in [-0.4, -0.2) is 19.4 Å². The maximum absolute atomic E-state index is 13.1. The summed E-state index contributed by atoms with van der Waals surface area (Å²) in [7, 11) is 0. The fourth-order valence-corrected chi connectivity index (χ4v) is 2.68. The van der Waals surface area contributed by atoms with Crippen molar-refractivity contribution in [3.63, 3.8) is 0 Å². The fraction of sp³-hybridized carbons (Fsp3) is 0.423. The van der Waals surface area contributed by atoms with Gasteiger partial charge in [0.25, 0.3) is 0 Å². The molecule has 0 spiro atoms. The highest BCUT2D eigenvalue weighted by atomic mass is 19.1. The van der Waals surface area contributed by atoms with E-state index >= 15 is 0 Å². The molecule has 0 atom stereocenters. The van der Waals surface area contributed by atoms with Crippen molar-refractivity contribution in [1.82, 2.24) is 0 Å². The van der Waals surface area contributed by atoms with Crippen LogP contribution in [0.4, 0.5) is 21.5 Å². The van der Waals surface area contributed by atoms with Crippen molar-refractivity contribution in [3.8, 4) is 11.8 Å². The summed E-state index contributed by atoms with van der Waals surface area (Å²) < 4.78 is 18.5. The predicted molar refractivity (Wildman–Crippen MR) is 133 cm³/mol. The van der Waals surface area contributed by atoms with E-state index in [4.69, 9.17) is 15.9 Å². The molecule has 1 fully saturated rings. The van der Waals surface area contributed by atoms with Crippen molar-refractivity contribution in [1.29, 1.82) is 5.41 Å². The number of hydrogen-bond acceptors (Lipinski definition) is 4. The number of halogens is 1. The summed E-state index contributed by atoms with van der Waals surface area (Å²) in [5, 5.41) is 10.7. The van der Waals surface area contributed by atoms with Gasteiger partial charge in [-0.1, -0.05) is 53.4 Å². The summed E-state index contributed by atoms with van der Waals surface area (Å²) in [5.74, 6) is 6.53. The van der Waals surface area contributed by atoms with E-state index in [1.165, 1.54) is 18.3 Å². The van der Waals surface area contributed by atoms with Gasteiger partial charge in [0, 0.05) is 42.3 Å². The first-order chi connectivity index (χ1) is 15.2. The van der Waals surface area contributed by atoms with Gasteiger partial charge in [-0.3, -0.25) is 0 Å². The molecule has 0 saturated carbocycles. The lowest BCUT2D eigenvalue weighted by atomic mass is 10.00. The molecule has 0 radical (unpaired) electrons. The Morgan fingerprint density at radius 3 is 2.16 bits per heavy atom. The fourth-order valence-electron chi connectivity index (χ4n) is 2.68. The SMILES string of the molecule is CC.CC.CC.N=Cc1cc(Nc2ccc(F)cc2)c(C#CC2CCOCC2)cc1N. The molecule has 1 heterocycles. The van der Waals surface area contributed by atoms with Crippen molar-refractivity contribution in [2.24, 2.45) is 5.92 Å². The number of anilines is 3. The lowest BCUT2D eigenvalue weighted by Crippen LogP contribution is -2.13. The highest BCUT2D eigenvalue weighted by molar-refractivity contribution is 5.89. The van der Waals surface area contributed by atoms with Crippen molar-refractivity contribution >= 4 is 23.3 Å². The predicted octanol–water partition coefficient (Wildman–Crippen LogP) is 7.01. The Morgan fingerprint density at radius 2 is 1.61 bits per heavy atom. The molecule has 170 valence electrons. The van der Waals surface area contributed by atoms with Gasteiger partial charge in [0.1, 0.15) is 5.82 Å². The van der Waals surface area contributed by atoms with E-state index in [0.717, 1.165) is 43.0 Å². The van der Waals surface area contributed by atoms with Gasteiger partial charge in [0.15, 0.2) is 0 Å². The van der Waals surface area contributed by atoms with Crippen LogP contribution < -0.4 is 11.1 Å². The number of nitrogens with one attached hydrogen (secondary N) is 2. The van der Waals surface area contributed by atoms with Crippen LogP contribution in [0.5, 0.6) is 0 Å². The molecular weight excluding hydrogens is 389 g/mol. The lowest BCUT2D eigenvalue weighted by molar-refractivity contribution is 0.0807. The van der Waals surface area contributed by atoms with Crippen LogP contribution >= 0.6 is 0 Å². The molecule has 1 saturated heterocycles. The van der Waals surface area contributed by atoms with Crippen molar-refractivity contribution in [2.75, 3.05) is 24.3 Å². The minimum absolute atomic E-state index is 0.289. The Bertz CT molecular complexity index is 817. The second kappa shape index (κ2) is 16.9. The first-order valence-corrected chi connectivity index (χ1v) is 11.2. The number of rotatable bonds is 3. The molecule has 4 N–H and O–H groups in total. The van der Waals surface area contributed by atoms with E-state index in [-0.39, 0.29) is 5.82 Å². The van der Waals surface area contributed by atoms with E-state index in [0.29, 0.717) is 17.2 Å². The van der Waals surface area contributed by atoms with E-state index in [1.54, 1.807) is 24.3 Å². The summed E-state index contributed by atoms with van der Waals surface area (Å²) in [6.07, 6.45) is 3.07. The first kappa shape index (κ1) is 28.2. The molecule has 2 aromatic carbocycles. The first-order valence-electron chi connectivity index (χ1n) is 11.2. The molecule has 0 aromatic heterocycles. The number of nitrogens with two attached hydrogens (primary N) is 1. The van der Waals surface area contributed by atoms with E-state index < -0.39 is 0 Å². The Hall–Kier alpha value is -2.84. The molecule has 31 heavy (non-hydrogen) atoms. The lowest BCUT2D eigenvalue weighted by Gasteiger charge is -2.17. The standard InChI is InChI=1S/C20H20FN3O.3C2H6/c21-17-3-5-18(6-4-17)24-20-12-16(13-22)19(23)11-15(20)2-1-14-7-9-25-10-8-14;3*1-2/h3-6,11-14,22,24H,7-10,23H2;3*1-2H3. The quantitative estimate of drug-likeness (QED) is 0.280. The average molecular weight is 428 g/mol. The summed E-state index contributed by atoms with van der Waals surface area (Å²) in [4.78, 5) is 0. The molecule has 3 rings (SSSR count). The van der Waals surface area contributed by atoms with Crippen LogP contribution in [0, 0.1) is 29.0 Å². The van der Waals surface area contributed by atoms with Gasteiger partial charge in [0.05, 0.1) is 11.3 Å². The summed E-state index contributed by atoms with van der Waals surface area (Å²) in [6.45, 7) is 13.5. The van der Waals surface area contributed by atoms with Gasteiger partial charge in [-0.15, -0.1) is 0 Å². The third kappa shape index (κ3) is 9.67. The van der Waals surface area contributed by atoms with Crippen LogP contribution in [0.15, 0.2) is 36.4 Å². The van der Waals surface area contributed by atoms with Gasteiger partial charge in [0.2, 0.25) is 0 Å². The molecule has 0 unspecified atom stereocenters. The molecule has 0 aliphatic carbocycles. The molecule has 1 aliphatic heterocycles. The van der Waals surface area contributed by atoms with Gasteiger partial charge in [-0.05, 0) is 49.2 Å². The van der Waals surface area contributed by atoms with Gasteiger partial charge in [-0.2, -0.15) is 0 Å². The Morgan fingerprint density at radius 1 is 1.03 bits per heavy atom. The molecule has 0 amide bonds. The second-order valence-corrected chi connectivity index (χ2v) is 5.96. The second-order valence-electron chi connectivity index (χ2n) is 5.96. The van der Waals surface area contributed by atoms with Gasteiger partial charge < -0.3 is 21.2 Å². The highest BCUT2D eigenvalue weighted by Gasteiger charge is 2.11. The number of benzene rings is 2. The minimum atomic E-state index is -0.289. The van der Waals surface area contributed by atoms with Crippen molar-refractivity contribution in [3.05, 3.63) is 53.3 Å². The minimum Gasteiger partial charge on any atom is -0.398 e. The monoisotopic (exact) mass is 427 g/mol. The smallest absolute Gasteiger partial charge is 0.123 e. The molecule has 2 aromatic rings. The van der Waals surface area contributed by atoms with E-state index in [9.17, 15) is 4.39 Å². The number of ether oxygens (including phenoxy) is 1. The van der Waals surface area contributed by atoms with E-state index in [2.05, 4.69) is 17.2 Å². The summed E-state index contributed by atoms with van der Waals surface area (Å²) in [5.41, 5.74) is 9.39. The summed E-state index contributed by atoms with van der Waals surface area (Å²) >= 11 is 0.